The lowest BCUT2D eigenvalue weighted by Crippen LogP contribution is -2.08. The summed E-state index contributed by atoms with van der Waals surface area (Å²) in [5, 5.41) is -2.41. The van der Waals surface area contributed by atoms with Crippen LogP contribution in [0.4, 0.5) is 26.3 Å². The fourth-order valence-corrected chi connectivity index (χ4v) is 2.16. The van der Waals surface area contributed by atoms with Crippen molar-refractivity contribution in [2.75, 3.05) is 0 Å². The van der Waals surface area contributed by atoms with E-state index in [1.165, 1.54) is 13.8 Å². The van der Waals surface area contributed by atoms with Crippen molar-refractivity contribution in [3.8, 4) is 0 Å². The van der Waals surface area contributed by atoms with Crippen molar-refractivity contribution < 1.29 is 26.3 Å². The van der Waals surface area contributed by atoms with Gasteiger partial charge in [0.25, 0.3) is 0 Å². The van der Waals surface area contributed by atoms with Crippen LogP contribution in [0.1, 0.15) is 30.9 Å². The summed E-state index contributed by atoms with van der Waals surface area (Å²) in [5.41, 5.74) is -1.57. The van der Waals surface area contributed by atoms with E-state index in [-0.39, 0.29) is 0 Å². The van der Waals surface area contributed by atoms with Crippen molar-refractivity contribution in [2.24, 2.45) is 0 Å². The molecule has 20 heavy (non-hydrogen) atoms. The first-order valence-corrected chi connectivity index (χ1v) is 5.83. The molecule has 0 nitrogen and oxygen atoms in total. The highest BCUT2D eigenvalue weighted by Crippen LogP contribution is 2.36. The highest BCUT2D eigenvalue weighted by Gasteiger charge is 2.29. The lowest BCUT2D eigenvalue weighted by molar-refractivity contribution is 0.463. The average molecular weight is 292 g/mol. The van der Waals surface area contributed by atoms with Crippen LogP contribution in [0.2, 0.25) is 0 Å². The second kappa shape index (κ2) is 4.68. The summed E-state index contributed by atoms with van der Waals surface area (Å²) >= 11 is 0. The maximum absolute atomic E-state index is 14.1. The smallest absolute Gasteiger partial charge is 0.170 e. The van der Waals surface area contributed by atoms with Crippen molar-refractivity contribution >= 4 is 10.8 Å². The monoisotopic (exact) mass is 292 g/mol. The summed E-state index contributed by atoms with van der Waals surface area (Å²) in [7, 11) is 0. The minimum atomic E-state index is -1.72. The Bertz CT molecular complexity index is 718. The van der Waals surface area contributed by atoms with Gasteiger partial charge in [0, 0.05) is 11.1 Å². The third-order valence-corrected chi connectivity index (χ3v) is 3.22. The van der Waals surface area contributed by atoms with E-state index < -0.39 is 62.7 Å². The van der Waals surface area contributed by atoms with Gasteiger partial charge in [-0.3, -0.25) is 0 Å². The van der Waals surface area contributed by atoms with Crippen LogP contribution in [0.3, 0.4) is 0 Å². The summed E-state index contributed by atoms with van der Waals surface area (Å²) in [5.74, 6) is -10.5. The van der Waals surface area contributed by atoms with Gasteiger partial charge < -0.3 is 0 Å². The number of hydrogen-bond acceptors (Lipinski definition) is 0. The zero-order valence-corrected chi connectivity index (χ0v) is 10.8. The highest BCUT2D eigenvalue weighted by atomic mass is 19.2. The molecule has 0 bridgehead atoms. The van der Waals surface area contributed by atoms with Crippen LogP contribution in [0.25, 0.3) is 10.8 Å². The van der Waals surface area contributed by atoms with Crippen molar-refractivity contribution in [1.82, 2.24) is 0 Å². The highest BCUT2D eigenvalue weighted by molar-refractivity contribution is 5.87. The van der Waals surface area contributed by atoms with Gasteiger partial charge in [-0.1, -0.05) is 13.8 Å². The second-order valence-corrected chi connectivity index (χ2v) is 4.83. The maximum Gasteiger partial charge on any atom is 0.170 e. The van der Waals surface area contributed by atoms with E-state index in [1.807, 2.05) is 0 Å². The molecule has 6 heteroatoms. The van der Waals surface area contributed by atoms with Gasteiger partial charge in [0.2, 0.25) is 0 Å². The molecule has 0 atom stereocenters. The Labute approximate surface area is 111 Å². The van der Waals surface area contributed by atoms with Gasteiger partial charge in [0.05, 0.1) is 10.8 Å². The fraction of sp³-hybridized carbons (Fsp3) is 0.286. The van der Waals surface area contributed by atoms with Crippen LogP contribution < -0.4 is 0 Å². The van der Waals surface area contributed by atoms with Crippen LogP contribution in [0, 0.1) is 41.8 Å². The van der Waals surface area contributed by atoms with Crippen molar-refractivity contribution in [1.29, 1.82) is 0 Å². The average Bonchev–Trinajstić information content (AvgIpc) is 2.37. The summed E-state index contributed by atoms with van der Waals surface area (Å²) < 4.78 is 82.9. The minimum absolute atomic E-state index is 0.739. The van der Waals surface area contributed by atoms with Gasteiger partial charge in [-0.05, 0) is 12.8 Å². The van der Waals surface area contributed by atoms with E-state index in [1.54, 1.807) is 0 Å². The van der Waals surface area contributed by atoms with Crippen molar-refractivity contribution in [3.05, 3.63) is 46.0 Å². The van der Waals surface area contributed by atoms with Crippen LogP contribution in [0.5, 0.6) is 0 Å². The molecule has 0 heterocycles. The first-order chi connectivity index (χ1) is 9.20. The van der Waals surface area contributed by atoms with E-state index in [0.29, 0.717) is 0 Å². The Kier molecular flexibility index (Phi) is 3.44. The quantitative estimate of drug-likeness (QED) is 0.506. The molecule has 0 aliphatic rings. The third kappa shape index (κ3) is 1.77. The molecule has 0 fully saturated rings. The van der Waals surface area contributed by atoms with Gasteiger partial charge in [0.1, 0.15) is 11.6 Å². The van der Waals surface area contributed by atoms with Crippen LogP contribution >= 0.6 is 0 Å². The molecule has 0 amide bonds. The molecule has 0 aliphatic heterocycles. The molecule has 2 rings (SSSR count). The SMILES string of the molecule is Cc1c(F)c(F)c2c(F)c(C(C)C)c(F)c(F)c2c1F. The lowest BCUT2D eigenvalue weighted by atomic mass is 9.95. The molecule has 2 aromatic rings. The minimum Gasteiger partial charge on any atom is -0.206 e. The predicted molar refractivity (Wildman–Crippen MR) is 62.5 cm³/mol. The summed E-state index contributed by atoms with van der Waals surface area (Å²) in [4.78, 5) is 0. The molecule has 0 aliphatic carbocycles. The van der Waals surface area contributed by atoms with Gasteiger partial charge in [0.15, 0.2) is 23.3 Å². The molecule has 108 valence electrons. The van der Waals surface area contributed by atoms with Crippen LogP contribution in [-0.4, -0.2) is 0 Å². The number of fused-ring (bicyclic) bond motifs is 1. The van der Waals surface area contributed by atoms with Gasteiger partial charge >= 0.3 is 0 Å². The normalized spacial score (nSPS) is 11.7. The number of benzene rings is 2. The number of rotatable bonds is 1. The van der Waals surface area contributed by atoms with E-state index in [2.05, 4.69) is 0 Å². The lowest BCUT2D eigenvalue weighted by Gasteiger charge is -2.15. The van der Waals surface area contributed by atoms with E-state index in [9.17, 15) is 26.3 Å². The molecular weight excluding hydrogens is 282 g/mol. The molecule has 0 saturated heterocycles. The van der Waals surface area contributed by atoms with E-state index >= 15 is 0 Å². The summed E-state index contributed by atoms with van der Waals surface area (Å²) in [6.07, 6.45) is 0. The first-order valence-electron chi connectivity index (χ1n) is 5.83. The maximum atomic E-state index is 14.1. The van der Waals surface area contributed by atoms with Crippen molar-refractivity contribution in [2.45, 2.75) is 26.7 Å². The Balaban J connectivity index is 3.17. The molecule has 0 N–H and O–H groups in total. The zero-order valence-electron chi connectivity index (χ0n) is 10.8. The molecule has 2 aromatic carbocycles. The fourth-order valence-electron chi connectivity index (χ4n) is 2.16. The zero-order chi connectivity index (χ0) is 15.4. The molecule has 0 aromatic heterocycles. The Morgan fingerprint density at radius 1 is 0.600 bits per heavy atom. The predicted octanol–water partition coefficient (Wildman–Crippen LogP) is 5.11. The Hall–Kier alpha value is -1.72. The largest absolute Gasteiger partial charge is 0.206 e. The molecule has 0 radical (unpaired) electrons. The molecular formula is C14H10F6. The molecule has 0 saturated carbocycles. The van der Waals surface area contributed by atoms with E-state index in [0.717, 1.165) is 6.92 Å². The standard InChI is InChI=1S/C14H10F6/c1-4(2)6-11(17)8-7(14(20)12(6)18)9(15)5(3)10(16)13(8)19/h4H,1-3H3. The summed E-state index contributed by atoms with van der Waals surface area (Å²) in [6, 6.07) is 0. The topological polar surface area (TPSA) is 0 Å². The number of halogens is 6. The Morgan fingerprint density at radius 3 is 1.55 bits per heavy atom. The summed E-state index contributed by atoms with van der Waals surface area (Å²) in [6.45, 7) is 3.57. The number of hydrogen-bond donors (Lipinski definition) is 0. The second-order valence-electron chi connectivity index (χ2n) is 4.83. The van der Waals surface area contributed by atoms with E-state index in [4.69, 9.17) is 0 Å². The molecule has 0 spiro atoms. The van der Waals surface area contributed by atoms with Crippen LogP contribution in [-0.2, 0) is 0 Å². The first kappa shape index (κ1) is 14.7. The van der Waals surface area contributed by atoms with Gasteiger partial charge in [-0.2, -0.15) is 0 Å². The van der Waals surface area contributed by atoms with Gasteiger partial charge in [-0.25, -0.2) is 26.3 Å². The van der Waals surface area contributed by atoms with Crippen LogP contribution in [0.15, 0.2) is 0 Å². The van der Waals surface area contributed by atoms with Crippen molar-refractivity contribution in [3.63, 3.8) is 0 Å². The van der Waals surface area contributed by atoms with Gasteiger partial charge in [-0.15, -0.1) is 0 Å². The third-order valence-electron chi connectivity index (χ3n) is 3.22. The molecule has 0 unspecified atom stereocenters. The Morgan fingerprint density at radius 2 is 1.05 bits per heavy atom.